The zero-order valence-electron chi connectivity index (χ0n) is 21.0. The van der Waals surface area contributed by atoms with Crippen LogP contribution in [0.25, 0.3) is 11.0 Å². The minimum atomic E-state index is -0.0430. The molecule has 3 heterocycles. The molecule has 184 valence electrons. The third-order valence-electron chi connectivity index (χ3n) is 7.59. The number of rotatable bonds is 4. The maximum absolute atomic E-state index is 13.3. The summed E-state index contributed by atoms with van der Waals surface area (Å²) in [6.07, 6.45) is 1.52. The summed E-state index contributed by atoms with van der Waals surface area (Å²) >= 11 is 0. The maximum Gasteiger partial charge on any atom is 0.293 e. The predicted molar refractivity (Wildman–Crippen MR) is 141 cm³/mol. The van der Waals surface area contributed by atoms with Gasteiger partial charge in [0.1, 0.15) is 0 Å². The van der Waals surface area contributed by atoms with E-state index in [1.54, 1.807) is 4.57 Å². The molecular formula is C28H35N5O2. The van der Waals surface area contributed by atoms with E-state index in [1.807, 2.05) is 36.1 Å². The number of anilines is 2. The Labute approximate surface area is 207 Å². The summed E-state index contributed by atoms with van der Waals surface area (Å²) in [7, 11) is 0. The highest BCUT2D eigenvalue weighted by Crippen LogP contribution is 2.26. The van der Waals surface area contributed by atoms with Crippen molar-refractivity contribution in [1.82, 2.24) is 14.5 Å². The predicted octanol–water partition coefficient (Wildman–Crippen LogP) is 3.60. The fraction of sp³-hybridized carbons (Fsp3) is 0.464. The molecule has 2 aromatic carbocycles. The average Bonchev–Trinajstić information content (AvgIpc) is 2.89. The molecule has 0 saturated carbocycles. The quantitative estimate of drug-likeness (QED) is 0.580. The van der Waals surface area contributed by atoms with Gasteiger partial charge in [0.2, 0.25) is 5.91 Å². The molecule has 2 fully saturated rings. The number of nitrogens with zero attached hydrogens (tertiary/aromatic N) is 5. The molecule has 0 aliphatic carbocycles. The number of aromatic nitrogens is 2. The number of para-hydroxylation sites is 2. The Morgan fingerprint density at radius 1 is 0.943 bits per heavy atom. The van der Waals surface area contributed by atoms with Crippen molar-refractivity contribution < 1.29 is 4.79 Å². The molecule has 5 rings (SSSR count). The second-order valence-electron chi connectivity index (χ2n) is 9.84. The van der Waals surface area contributed by atoms with Crippen LogP contribution in [-0.2, 0) is 11.3 Å². The minimum Gasteiger partial charge on any atom is -0.368 e. The summed E-state index contributed by atoms with van der Waals surface area (Å²) in [4.78, 5) is 37.7. The SMILES string of the molecule is CCn1c(=O)c(N2CCC(C(=O)N3CCN(c4cc(C)ccc4C)CC3)CC2)nc2ccccc21. The number of benzene rings is 2. The molecule has 0 N–H and O–H groups in total. The lowest BCUT2D eigenvalue weighted by Gasteiger charge is -2.40. The monoisotopic (exact) mass is 473 g/mol. The zero-order valence-corrected chi connectivity index (χ0v) is 21.0. The van der Waals surface area contributed by atoms with Gasteiger partial charge in [-0.15, -0.1) is 0 Å². The van der Waals surface area contributed by atoms with Crippen molar-refractivity contribution in [2.75, 3.05) is 49.1 Å². The molecule has 2 saturated heterocycles. The van der Waals surface area contributed by atoms with Crippen LogP contribution in [0.2, 0.25) is 0 Å². The second-order valence-corrected chi connectivity index (χ2v) is 9.84. The van der Waals surface area contributed by atoms with Crippen molar-refractivity contribution >= 4 is 28.4 Å². The number of carbonyl (C=O) groups is 1. The van der Waals surface area contributed by atoms with E-state index in [9.17, 15) is 9.59 Å². The van der Waals surface area contributed by atoms with Crippen LogP contribution < -0.4 is 15.4 Å². The molecule has 0 unspecified atom stereocenters. The Morgan fingerprint density at radius 2 is 1.66 bits per heavy atom. The highest BCUT2D eigenvalue weighted by atomic mass is 16.2. The number of carbonyl (C=O) groups excluding carboxylic acids is 1. The normalized spacial score (nSPS) is 17.3. The molecular weight excluding hydrogens is 438 g/mol. The van der Waals surface area contributed by atoms with Crippen molar-refractivity contribution in [3.05, 3.63) is 63.9 Å². The average molecular weight is 474 g/mol. The van der Waals surface area contributed by atoms with Crippen LogP contribution in [-0.4, -0.2) is 59.6 Å². The molecule has 3 aromatic rings. The van der Waals surface area contributed by atoms with Crippen molar-refractivity contribution in [2.45, 2.75) is 40.2 Å². The van der Waals surface area contributed by atoms with E-state index in [-0.39, 0.29) is 17.4 Å². The first-order valence-corrected chi connectivity index (χ1v) is 12.8. The lowest BCUT2D eigenvalue weighted by molar-refractivity contribution is -0.136. The van der Waals surface area contributed by atoms with Gasteiger partial charge in [0.05, 0.1) is 11.0 Å². The smallest absolute Gasteiger partial charge is 0.293 e. The van der Waals surface area contributed by atoms with Gasteiger partial charge in [-0.3, -0.25) is 9.59 Å². The molecule has 7 nitrogen and oxygen atoms in total. The van der Waals surface area contributed by atoms with Crippen LogP contribution in [0.15, 0.2) is 47.3 Å². The van der Waals surface area contributed by atoms with E-state index in [2.05, 4.69) is 41.8 Å². The van der Waals surface area contributed by atoms with E-state index in [0.717, 1.165) is 50.1 Å². The summed E-state index contributed by atoms with van der Waals surface area (Å²) in [6.45, 7) is 11.5. The molecule has 1 amide bonds. The van der Waals surface area contributed by atoms with Gasteiger partial charge in [0.25, 0.3) is 5.56 Å². The highest BCUT2D eigenvalue weighted by molar-refractivity contribution is 5.80. The first-order chi connectivity index (χ1) is 17.0. The molecule has 0 atom stereocenters. The van der Waals surface area contributed by atoms with E-state index >= 15 is 0 Å². The van der Waals surface area contributed by atoms with Gasteiger partial charge in [-0.25, -0.2) is 4.98 Å². The third kappa shape index (κ3) is 4.51. The summed E-state index contributed by atoms with van der Waals surface area (Å²) < 4.78 is 1.80. The fourth-order valence-corrected chi connectivity index (χ4v) is 5.52. The Morgan fingerprint density at radius 3 is 2.37 bits per heavy atom. The number of aryl methyl sites for hydroxylation is 3. The van der Waals surface area contributed by atoms with Crippen LogP contribution in [0.3, 0.4) is 0 Å². The molecule has 2 aliphatic heterocycles. The first-order valence-electron chi connectivity index (χ1n) is 12.8. The van der Waals surface area contributed by atoms with Gasteiger partial charge in [0, 0.05) is 57.4 Å². The summed E-state index contributed by atoms with van der Waals surface area (Å²) in [6, 6.07) is 14.4. The highest BCUT2D eigenvalue weighted by Gasteiger charge is 2.32. The van der Waals surface area contributed by atoms with Gasteiger partial charge in [0.15, 0.2) is 5.82 Å². The number of piperazine rings is 1. The minimum absolute atomic E-state index is 0.0207. The van der Waals surface area contributed by atoms with Crippen LogP contribution in [0.1, 0.15) is 30.9 Å². The Kier molecular flexibility index (Phi) is 6.50. The largest absolute Gasteiger partial charge is 0.368 e. The van der Waals surface area contributed by atoms with Gasteiger partial charge in [-0.2, -0.15) is 0 Å². The standard InChI is InChI=1S/C28H35N5O2/c1-4-33-24-8-6-5-7-23(24)29-26(28(33)35)31-13-11-22(12-14-31)27(34)32-17-15-30(16-18-32)25-19-20(2)9-10-21(25)3/h5-10,19,22H,4,11-18H2,1-3H3. The van der Waals surface area contributed by atoms with E-state index in [4.69, 9.17) is 4.98 Å². The zero-order chi connectivity index (χ0) is 24.5. The van der Waals surface area contributed by atoms with Gasteiger partial charge in [-0.05, 0) is 62.9 Å². The molecule has 0 radical (unpaired) electrons. The van der Waals surface area contributed by atoms with Crippen molar-refractivity contribution in [3.63, 3.8) is 0 Å². The van der Waals surface area contributed by atoms with Gasteiger partial charge in [-0.1, -0.05) is 24.3 Å². The fourth-order valence-electron chi connectivity index (χ4n) is 5.52. The molecule has 35 heavy (non-hydrogen) atoms. The molecule has 0 bridgehead atoms. The van der Waals surface area contributed by atoms with Crippen molar-refractivity contribution in [1.29, 1.82) is 0 Å². The number of fused-ring (bicyclic) bond motifs is 1. The second kappa shape index (κ2) is 9.72. The number of hydrogen-bond acceptors (Lipinski definition) is 5. The van der Waals surface area contributed by atoms with Crippen LogP contribution in [0.4, 0.5) is 11.5 Å². The van der Waals surface area contributed by atoms with Gasteiger partial charge < -0.3 is 19.3 Å². The van der Waals surface area contributed by atoms with Crippen LogP contribution in [0, 0.1) is 19.8 Å². The van der Waals surface area contributed by atoms with Crippen molar-refractivity contribution in [2.24, 2.45) is 5.92 Å². The molecule has 2 aliphatic rings. The van der Waals surface area contributed by atoms with Gasteiger partial charge >= 0.3 is 0 Å². The van der Waals surface area contributed by atoms with Crippen LogP contribution in [0.5, 0.6) is 0 Å². The van der Waals surface area contributed by atoms with E-state index in [1.165, 1.54) is 16.8 Å². The number of hydrogen-bond donors (Lipinski definition) is 0. The van der Waals surface area contributed by atoms with E-state index < -0.39 is 0 Å². The Bertz CT molecular complexity index is 1280. The molecule has 1 aromatic heterocycles. The summed E-state index contributed by atoms with van der Waals surface area (Å²) in [5, 5.41) is 0. The lowest BCUT2D eigenvalue weighted by atomic mass is 9.95. The summed E-state index contributed by atoms with van der Waals surface area (Å²) in [5.74, 6) is 0.800. The Hall–Kier alpha value is -3.35. The number of amides is 1. The first kappa shape index (κ1) is 23.4. The molecule has 7 heteroatoms. The summed E-state index contributed by atoms with van der Waals surface area (Å²) in [5.41, 5.74) is 5.50. The maximum atomic E-state index is 13.3. The Balaban J connectivity index is 1.22. The number of piperidine rings is 1. The topological polar surface area (TPSA) is 61.7 Å². The van der Waals surface area contributed by atoms with Crippen LogP contribution >= 0.6 is 0 Å². The third-order valence-corrected chi connectivity index (χ3v) is 7.59. The molecule has 0 spiro atoms. The van der Waals surface area contributed by atoms with E-state index in [0.29, 0.717) is 25.5 Å². The lowest BCUT2D eigenvalue weighted by Crippen LogP contribution is -2.52. The van der Waals surface area contributed by atoms with Crippen molar-refractivity contribution in [3.8, 4) is 0 Å².